The van der Waals surface area contributed by atoms with Crippen LogP contribution in [0.1, 0.15) is 61.3 Å². The summed E-state index contributed by atoms with van der Waals surface area (Å²) in [6, 6.07) is 24.8. The van der Waals surface area contributed by atoms with Crippen LogP contribution in [0.5, 0.6) is 11.5 Å². The minimum atomic E-state index is 0.283. The van der Waals surface area contributed by atoms with Gasteiger partial charge in [0.05, 0.1) is 13.2 Å². The number of hydrogen-bond acceptors (Lipinski definition) is 5. The fourth-order valence-electron chi connectivity index (χ4n) is 5.91. The molecule has 0 unspecified atom stereocenters. The predicted molar refractivity (Wildman–Crippen MR) is 164 cm³/mol. The minimum absolute atomic E-state index is 0.283. The van der Waals surface area contributed by atoms with Crippen LogP contribution in [0, 0.1) is 0 Å². The first-order chi connectivity index (χ1) is 19.7. The van der Waals surface area contributed by atoms with Gasteiger partial charge in [-0.15, -0.1) is 0 Å². The summed E-state index contributed by atoms with van der Waals surface area (Å²) in [5, 5.41) is 10.2. The van der Waals surface area contributed by atoms with E-state index in [0.717, 1.165) is 48.6 Å². The van der Waals surface area contributed by atoms with Crippen LogP contribution >= 0.6 is 0 Å². The first kappa shape index (κ1) is 28.4. The van der Waals surface area contributed by atoms with Crippen LogP contribution in [0.2, 0.25) is 0 Å². The van der Waals surface area contributed by atoms with Crippen LogP contribution in [-0.2, 0) is 11.3 Å². The number of hydrogen-bond donors (Lipinski definition) is 1. The molecule has 5 rings (SSSR count). The van der Waals surface area contributed by atoms with Gasteiger partial charge < -0.3 is 19.5 Å². The lowest BCUT2D eigenvalue weighted by molar-refractivity contribution is 0.0992. The Bertz CT molecular complexity index is 1220. The Morgan fingerprint density at radius 1 is 0.725 bits per heavy atom. The quantitative estimate of drug-likeness (QED) is 0.190. The van der Waals surface area contributed by atoms with Gasteiger partial charge in [-0.25, -0.2) is 0 Å². The smallest absolute Gasteiger partial charge is 0.119 e. The Morgan fingerprint density at radius 3 is 1.93 bits per heavy atom. The fourth-order valence-corrected chi connectivity index (χ4v) is 5.91. The van der Waals surface area contributed by atoms with Crippen LogP contribution in [0.15, 0.2) is 72.8 Å². The van der Waals surface area contributed by atoms with Crippen molar-refractivity contribution in [1.82, 2.24) is 9.80 Å². The molecule has 0 amide bonds. The van der Waals surface area contributed by atoms with E-state index in [9.17, 15) is 5.11 Å². The van der Waals surface area contributed by atoms with Gasteiger partial charge in [-0.2, -0.15) is 0 Å². The number of allylic oxidation sites excluding steroid dienone is 1. The van der Waals surface area contributed by atoms with Crippen molar-refractivity contribution >= 4 is 11.1 Å². The molecule has 2 saturated heterocycles. The number of benzene rings is 3. The summed E-state index contributed by atoms with van der Waals surface area (Å²) in [5.74, 6) is 1.19. The zero-order valence-corrected chi connectivity index (χ0v) is 24.0. The summed E-state index contributed by atoms with van der Waals surface area (Å²) in [5.41, 5.74) is 6.90. The Morgan fingerprint density at radius 2 is 1.32 bits per heavy atom. The molecule has 2 aliphatic rings. The molecule has 3 aromatic rings. The lowest BCUT2D eigenvalue weighted by Crippen LogP contribution is -2.25. The standard InChI is InChI=1S/C35H44N2O3/c1-2-34(31-8-7-9-32(38)26-31)35(30-14-16-33(17-15-30)40-25-23-37-20-5-6-21-37)29-12-10-28(11-13-29)27-39-24-22-36-18-3-4-19-36/h7-17,26,38H,2-6,18-25,27H2,1H3/b35-34+. The number of nitrogens with zero attached hydrogens (tertiary/aromatic N) is 2. The molecule has 0 saturated carbocycles. The number of likely N-dealkylation sites (tertiary alicyclic amines) is 2. The van der Waals surface area contributed by atoms with E-state index in [4.69, 9.17) is 9.47 Å². The molecular weight excluding hydrogens is 496 g/mol. The summed E-state index contributed by atoms with van der Waals surface area (Å²) in [6.45, 7) is 11.1. The van der Waals surface area contributed by atoms with Crippen molar-refractivity contribution < 1.29 is 14.6 Å². The molecule has 212 valence electrons. The first-order valence-corrected chi connectivity index (χ1v) is 15.1. The number of phenols is 1. The Labute approximate surface area is 240 Å². The molecule has 5 nitrogen and oxygen atoms in total. The highest BCUT2D eigenvalue weighted by molar-refractivity contribution is 5.98. The molecule has 2 aliphatic heterocycles. The molecule has 0 spiro atoms. The largest absolute Gasteiger partial charge is 0.508 e. The Kier molecular flexibility index (Phi) is 10.3. The van der Waals surface area contributed by atoms with Crippen molar-refractivity contribution in [2.45, 2.75) is 45.6 Å². The average Bonchev–Trinajstić information content (AvgIpc) is 3.70. The van der Waals surface area contributed by atoms with Gasteiger partial charge >= 0.3 is 0 Å². The number of phenolic OH excluding ortho intramolecular Hbond substituents is 1. The van der Waals surface area contributed by atoms with Gasteiger partial charge in [-0.3, -0.25) is 4.90 Å². The number of rotatable bonds is 13. The second kappa shape index (κ2) is 14.5. The maximum Gasteiger partial charge on any atom is 0.119 e. The monoisotopic (exact) mass is 540 g/mol. The second-order valence-corrected chi connectivity index (χ2v) is 11.0. The fraction of sp³-hybridized carbons (Fsp3) is 0.429. The Hall–Kier alpha value is -3.12. The van der Waals surface area contributed by atoms with E-state index in [1.165, 1.54) is 68.6 Å². The molecule has 1 N–H and O–H groups in total. The van der Waals surface area contributed by atoms with Crippen molar-refractivity contribution in [3.8, 4) is 11.5 Å². The third-order valence-corrected chi connectivity index (χ3v) is 8.13. The highest BCUT2D eigenvalue weighted by atomic mass is 16.5. The van der Waals surface area contributed by atoms with Crippen molar-refractivity contribution in [2.24, 2.45) is 0 Å². The third-order valence-electron chi connectivity index (χ3n) is 8.13. The van der Waals surface area contributed by atoms with E-state index in [1.54, 1.807) is 6.07 Å². The summed E-state index contributed by atoms with van der Waals surface area (Å²) >= 11 is 0. The summed E-state index contributed by atoms with van der Waals surface area (Å²) in [6.07, 6.45) is 6.07. The number of aromatic hydroxyl groups is 1. The van der Waals surface area contributed by atoms with Gasteiger partial charge in [-0.05, 0) is 116 Å². The molecule has 2 heterocycles. The van der Waals surface area contributed by atoms with E-state index in [2.05, 4.69) is 71.3 Å². The van der Waals surface area contributed by atoms with Crippen LogP contribution in [-0.4, -0.2) is 67.4 Å². The molecule has 0 aromatic heterocycles. The van der Waals surface area contributed by atoms with Gasteiger partial charge in [0, 0.05) is 13.1 Å². The second-order valence-electron chi connectivity index (χ2n) is 11.0. The molecule has 0 aliphatic carbocycles. The van der Waals surface area contributed by atoms with Crippen molar-refractivity contribution in [3.63, 3.8) is 0 Å². The predicted octanol–water partition coefficient (Wildman–Crippen LogP) is 6.85. The lowest BCUT2D eigenvalue weighted by atomic mass is 9.88. The number of ether oxygens (including phenoxy) is 2. The van der Waals surface area contributed by atoms with Crippen LogP contribution in [0.4, 0.5) is 0 Å². The molecule has 0 bridgehead atoms. The van der Waals surface area contributed by atoms with E-state index < -0.39 is 0 Å². The minimum Gasteiger partial charge on any atom is -0.508 e. The zero-order chi connectivity index (χ0) is 27.6. The summed E-state index contributed by atoms with van der Waals surface area (Å²) < 4.78 is 12.1. The molecular formula is C35H44N2O3. The molecule has 5 heteroatoms. The van der Waals surface area contributed by atoms with Gasteiger partial charge in [0.1, 0.15) is 18.1 Å². The molecule has 40 heavy (non-hydrogen) atoms. The Balaban J connectivity index is 1.33. The third kappa shape index (κ3) is 7.75. The van der Waals surface area contributed by atoms with Gasteiger partial charge in [-0.1, -0.05) is 55.5 Å². The van der Waals surface area contributed by atoms with E-state index in [1.807, 2.05) is 12.1 Å². The van der Waals surface area contributed by atoms with Crippen molar-refractivity contribution in [2.75, 3.05) is 52.5 Å². The van der Waals surface area contributed by atoms with Crippen LogP contribution in [0.3, 0.4) is 0 Å². The van der Waals surface area contributed by atoms with Crippen molar-refractivity contribution in [1.29, 1.82) is 0 Å². The SMILES string of the molecule is CC/C(=C(/c1ccc(COCCN2CCCC2)cc1)c1ccc(OCCN2CCCC2)cc1)c1cccc(O)c1. The normalized spacial score (nSPS) is 16.8. The molecule has 2 fully saturated rings. The highest BCUT2D eigenvalue weighted by Crippen LogP contribution is 2.36. The zero-order valence-electron chi connectivity index (χ0n) is 24.0. The van der Waals surface area contributed by atoms with E-state index in [-0.39, 0.29) is 5.75 Å². The van der Waals surface area contributed by atoms with Crippen LogP contribution in [0.25, 0.3) is 11.1 Å². The van der Waals surface area contributed by atoms with Crippen molar-refractivity contribution in [3.05, 3.63) is 95.1 Å². The molecule has 3 aromatic carbocycles. The maximum absolute atomic E-state index is 10.2. The molecule has 0 atom stereocenters. The lowest BCUT2D eigenvalue weighted by Gasteiger charge is -2.18. The average molecular weight is 541 g/mol. The van der Waals surface area contributed by atoms with E-state index >= 15 is 0 Å². The topological polar surface area (TPSA) is 45.2 Å². The summed E-state index contributed by atoms with van der Waals surface area (Å²) in [7, 11) is 0. The summed E-state index contributed by atoms with van der Waals surface area (Å²) in [4.78, 5) is 4.96. The maximum atomic E-state index is 10.2. The van der Waals surface area contributed by atoms with Gasteiger partial charge in [0.25, 0.3) is 0 Å². The van der Waals surface area contributed by atoms with Gasteiger partial charge in [0.2, 0.25) is 0 Å². The van der Waals surface area contributed by atoms with Gasteiger partial charge in [0.15, 0.2) is 0 Å². The molecule has 0 radical (unpaired) electrons. The van der Waals surface area contributed by atoms with E-state index in [0.29, 0.717) is 13.2 Å². The first-order valence-electron chi connectivity index (χ1n) is 15.1. The highest BCUT2D eigenvalue weighted by Gasteiger charge is 2.15. The van der Waals surface area contributed by atoms with Crippen LogP contribution < -0.4 is 4.74 Å².